The summed E-state index contributed by atoms with van der Waals surface area (Å²) in [5.41, 5.74) is 1.23. The van der Waals surface area contributed by atoms with Crippen molar-refractivity contribution in [2.75, 3.05) is 0 Å². The van der Waals surface area contributed by atoms with Gasteiger partial charge in [0.1, 0.15) is 4.21 Å². The molecule has 1 N–H and O–H groups in total. The van der Waals surface area contributed by atoms with Crippen LogP contribution in [-0.4, -0.2) is 14.5 Å². The third-order valence-electron chi connectivity index (χ3n) is 2.83. The molecule has 1 atom stereocenters. The van der Waals surface area contributed by atoms with Gasteiger partial charge in [-0.1, -0.05) is 36.4 Å². The van der Waals surface area contributed by atoms with Gasteiger partial charge >= 0.3 is 0 Å². The molecule has 1 unspecified atom stereocenters. The lowest BCUT2D eigenvalue weighted by Crippen LogP contribution is -2.32. The Morgan fingerprint density at radius 2 is 1.89 bits per heavy atom. The highest BCUT2D eigenvalue weighted by molar-refractivity contribution is 7.91. The molecule has 102 valence electrons. The van der Waals surface area contributed by atoms with Gasteiger partial charge < -0.3 is 0 Å². The van der Waals surface area contributed by atoms with Crippen molar-refractivity contribution in [2.24, 2.45) is 0 Å². The van der Waals surface area contributed by atoms with Gasteiger partial charge in [-0.15, -0.1) is 11.3 Å². The fraction of sp³-hybridized carbons (Fsp3) is 0.286. The average Bonchev–Trinajstić information content (AvgIpc) is 2.92. The lowest BCUT2D eigenvalue weighted by Gasteiger charge is -2.13. The lowest BCUT2D eigenvalue weighted by molar-refractivity contribution is 0.548. The maximum atomic E-state index is 12.0. The molecule has 0 saturated carbocycles. The third kappa shape index (κ3) is 4.16. The molecule has 5 heteroatoms. The molecule has 0 bridgehead atoms. The molecule has 0 fully saturated rings. The first-order valence-electron chi connectivity index (χ1n) is 6.18. The molecule has 2 rings (SSSR count). The fourth-order valence-electron chi connectivity index (χ4n) is 1.83. The Balaban J connectivity index is 1.90. The Hall–Kier alpha value is -1.17. The molecule has 19 heavy (non-hydrogen) atoms. The zero-order valence-electron chi connectivity index (χ0n) is 10.7. The van der Waals surface area contributed by atoms with Gasteiger partial charge in [0.2, 0.25) is 10.0 Å². The zero-order chi connectivity index (χ0) is 13.7. The second kappa shape index (κ2) is 6.32. The van der Waals surface area contributed by atoms with E-state index in [4.69, 9.17) is 0 Å². The summed E-state index contributed by atoms with van der Waals surface area (Å²) in [5.74, 6) is 0. The number of nitrogens with one attached hydrogen (secondary N) is 1. The predicted molar refractivity (Wildman–Crippen MR) is 78.9 cm³/mol. The van der Waals surface area contributed by atoms with Crippen LogP contribution < -0.4 is 4.72 Å². The smallest absolute Gasteiger partial charge is 0.208 e. The summed E-state index contributed by atoms with van der Waals surface area (Å²) < 4.78 is 27.1. The molecule has 0 aliphatic rings. The van der Waals surface area contributed by atoms with Crippen molar-refractivity contribution in [3.05, 3.63) is 53.4 Å². The molecule has 1 aromatic heterocycles. The Morgan fingerprint density at radius 3 is 2.53 bits per heavy atom. The van der Waals surface area contributed by atoms with E-state index in [1.54, 1.807) is 17.5 Å². The van der Waals surface area contributed by atoms with E-state index in [9.17, 15) is 8.42 Å². The van der Waals surface area contributed by atoms with E-state index in [0.29, 0.717) is 4.21 Å². The van der Waals surface area contributed by atoms with E-state index in [1.165, 1.54) is 16.9 Å². The standard InChI is InChI=1S/C14H17NO2S2/c1-12(9-10-13-6-3-2-4-7-13)15-19(16,17)14-8-5-11-18-14/h2-8,11-12,15H,9-10H2,1H3. The van der Waals surface area contributed by atoms with Crippen LogP contribution in [0.25, 0.3) is 0 Å². The van der Waals surface area contributed by atoms with Gasteiger partial charge in [-0.2, -0.15) is 0 Å². The van der Waals surface area contributed by atoms with Crippen LogP contribution in [0.3, 0.4) is 0 Å². The fourth-order valence-corrected chi connectivity index (χ4v) is 4.11. The highest BCUT2D eigenvalue weighted by Gasteiger charge is 2.17. The molecule has 0 radical (unpaired) electrons. The number of hydrogen-bond donors (Lipinski definition) is 1. The van der Waals surface area contributed by atoms with Crippen LogP contribution in [0, 0.1) is 0 Å². The van der Waals surface area contributed by atoms with Crippen LogP contribution >= 0.6 is 11.3 Å². The van der Waals surface area contributed by atoms with Crippen molar-refractivity contribution in [1.82, 2.24) is 4.72 Å². The minimum Gasteiger partial charge on any atom is -0.208 e. The van der Waals surface area contributed by atoms with Crippen LogP contribution in [-0.2, 0) is 16.4 Å². The third-order valence-corrected chi connectivity index (χ3v) is 5.81. The van der Waals surface area contributed by atoms with Crippen molar-refractivity contribution < 1.29 is 8.42 Å². The van der Waals surface area contributed by atoms with Crippen molar-refractivity contribution in [1.29, 1.82) is 0 Å². The molecule has 0 amide bonds. The number of benzene rings is 1. The van der Waals surface area contributed by atoms with Crippen molar-refractivity contribution in [3.8, 4) is 0 Å². The average molecular weight is 295 g/mol. The van der Waals surface area contributed by atoms with Gasteiger partial charge in [-0.25, -0.2) is 13.1 Å². The minimum absolute atomic E-state index is 0.0766. The summed E-state index contributed by atoms with van der Waals surface area (Å²) in [7, 11) is -3.35. The molecular formula is C14H17NO2S2. The molecular weight excluding hydrogens is 278 g/mol. The maximum Gasteiger partial charge on any atom is 0.250 e. The van der Waals surface area contributed by atoms with Gasteiger partial charge in [0.25, 0.3) is 0 Å². The Labute approximate surface area is 118 Å². The monoisotopic (exact) mass is 295 g/mol. The maximum absolute atomic E-state index is 12.0. The van der Waals surface area contributed by atoms with Gasteiger partial charge in [0.15, 0.2) is 0 Å². The summed E-state index contributed by atoms with van der Waals surface area (Å²) in [6.07, 6.45) is 1.66. The quantitative estimate of drug-likeness (QED) is 0.890. The normalized spacial score (nSPS) is 13.3. The molecule has 1 heterocycles. The largest absolute Gasteiger partial charge is 0.250 e. The van der Waals surface area contributed by atoms with Crippen LogP contribution in [0.2, 0.25) is 0 Å². The number of hydrogen-bond acceptors (Lipinski definition) is 3. The number of rotatable bonds is 6. The van der Waals surface area contributed by atoms with Crippen LogP contribution in [0.1, 0.15) is 18.9 Å². The summed E-state index contributed by atoms with van der Waals surface area (Å²) >= 11 is 1.24. The summed E-state index contributed by atoms with van der Waals surface area (Å²) in [5, 5.41) is 1.77. The minimum atomic E-state index is -3.35. The van der Waals surface area contributed by atoms with Crippen molar-refractivity contribution >= 4 is 21.4 Å². The summed E-state index contributed by atoms with van der Waals surface area (Å²) in [4.78, 5) is 0. The molecule has 0 aliphatic carbocycles. The summed E-state index contributed by atoms with van der Waals surface area (Å²) in [6, 6.07) is 13.4. The topological polar surface area (TPSA) is 46.2 Å². The van der Waals surface area contributed by atoms with Gasteiger partial charge in [0.05, 0.1) is 0 Å². The van der Waals surface area contributed by atoms with E-state index in [1.807, 2.05) is 25.1 Å². The van der Waals surface area contributed by atoms with Crippen LogP contribution in [0.5, 0.6) is 0 Å². The number of sulfonamides is 1. The number of thiophene rings is 1. The SMILES string of the molecule is CC(CCc1ccccc1)NS(=O)(=O)c1cccs1. The Kier molecular flexibility index (Phi) is 4.74. The zero-order valence-corrected chi connectivity index (χ0v) is 12.4. The molecule has 0 spiro atoms. The van der Waals surface area contributed by atoms with E-state index >= 15 is 0 Å². The van der Waals surface area contributed by atoms with E-state index in [-0.39, 0.29) is 6.04 Å². The van der Waals surface area contributed by atoms with Crippen LogP contribution in [0.15, 0.2) is 52.1 Å². The first-order valence-corrected chi connectivity index (χ1v) is 8.54. The highest BCUT2D eigenvalue weighted by Crippen LogP contribution is 2.16. The first kappa shape index (κ1) is 14.2. The second-order valence-electron chi connectivity index (χ2n) is 4.48. The number of aryl methyl sites for hydroxylation is 1. The Bertz CT molecular complexity index is 592. The van der Waals surface area contributed by atoms with E-state index in [2.05, 4.69) is 16.9 Å². The van der Waals surface area contributed by atoms with E-state index < -0.39 is 10.0 Å². The first-order chi connectivity index (χ1) is 9.08. The van der Waals surface area contributed by atoms with Gasteiger partial charge in [-0.05, 0) is 36.8 Å². The predicted octanol–water partition coefficient (Wildman–Crippen LogP) is 3.05. The lowest BCUT2D eigenvalue weighted by atomic mass is 10.1. The van der Waals surface area contributed by atoms with Crippen molar-refractivity contribution in [2.45, 2.75) is 30.0 Å². The van der Waals surface area contributed by atoms with E-state index in [0.717, 1.165) is 12.8 Å². The molecule has 0 aliphatic heterocycles. The van der Waals surface area contributed by atoms with Gasteiger partial charge in [0, 0.05) is 6.04 Å². The molecule has 0 saturated heterocycles. The highest BCUT2D eigenvalue weighted by atomic mass is 32.2. The molecule has 3 nitrogen and oxygen atoms in total. The van der Waals surface area contributed by atoms with Crippen molar-refractivity contribution in [3.63, 3.8) is 0 Å². The van der Waals surface area contributed by atoms with Gasteiger partial charge in [-0.3, -0.25) is 0 Å². The molecule has 2 aromatic rings. The second-order valence-corrected chi connectivity index (χ2v) is 7.37. The van der Waals surface area contributed by atoms with Crippen LogP contribution in [0.4, 0.5) is 0 Å². The Morgan fingerprint density at radius 1 is 1.16 bits per heavy atom. The summed E-state index contributed by atoms with van der Waals surface area (Å²) in [6.45, 7) is 1.90. The molecule has 1 aromatic carbocycles.